The van der Waals surface area contributed by atoms with E-state index in [1.54, 1.807) is 12.3 Å². The number of nitrogens with zero attached hydrogens (tertiary/aromatic N) is 5. The molecule has 6 aromatic rings. The van der Waals surface area contributed by atoms with Gasteiger partial charge in [0.05, 0.1) is 52.3 Å². The molecule has 0 spiro atoms. The molecule has 4 atom stereocenters. The number of H-pyrrole nitrogens is 1. The minimum atomic E-state index is -0.923. The first kappa shape index (κ1) is 36.6. The largest absolute Gasteiger partial charge is 0.446 e. The second-order valence-electron chi connectivity index (χ2n) is 16.5. The third-order valence-electron chi connectivity index (χ3n) is 13.1. The number of hydrogen-bond donors (Lipinski definition) is 3. The summed E-state index contributed by atoms with van der Waals surface area (Å²) < 4.78 is 10.6. The van der Waals surface area contributed by atoms with Gasteiger partial charge in [0.15, 0.2) is 0 Å². The van der Waals surface area contributed by atoms with Crippen LogP contribution < -0.4 is 20.9 Å². The van der Waals surface area contributed by atoms with Crippen LogP contribution in [0.2, 0.25) is 0 Å². The molecule has 0 bridgehead atoms. The molecule has 2 amide bonds. The van der Waals surface area contributed by atoms with Crippen LogP contribution in [0.4, 0.5) is 0 Å². The number of benzene rings is 2. The van der Waals surface area contributed by atoms with Gasteiger partial charge in [0.1, 0.15) is 0 Å². The number of piperidine rings is 2. The van der Waals surface area contributed by atoms with Gasteiger partial charge in [-0.2, -0.15) is 10.2 Å². The van der Waals surface area contributed by atoms with E-state index in [0.29, 0.717) is 43.1 Å². The Bertz CT molecular complexity index is 2720. The topological polar surface area (TPSA) is 149 Å². The van der Waals surface area contributed by atoms with Crippen LogP contribution in [0.25, 0.3) is 44.3 Å². The summed E-state index contributed by atoms with van der Waals surface area (Å²) in [5.41, 5.74) is 7.39. The molecule has 4 aromatic heterocycles. The van der Waals surface area contributed by atoms with E-state index >= 15 is 0 Å². The minimum absolute atomic E-state index is 0.0454. The number of aromatic nitrogens is 6. The van der Waals surface area contributed by atoms with Crippen molar-refractivity contribution >= 4 is 33.6 Å². The lowest BCUT2D eigenvalue weighted by molar-refractivity contribution is -0.131. The van der Waals surface area contributed by atoms with Gasteiger partial charge in [-0.1, -0.05) is 12.1 Å². The number of aromatic amines is 1. The van der Waals surface area contributed by atoms with Gasteiger partial charge < -0.3 is 20.4 Å². The quantitative estimate of drug-likeness (QED) is 0.173. The van der Waals surface area contributed by atoms with Gasteiger partial charge in [-0.05, 0) is 126 Å². The smallest absolute Gasteiger partial charge is 0.252 e. The van der Waals surface area contributed by atoms with Crippen LogP contribution in [0.5, 0.6) is 5.88 Å². The molecule has 0 radical (unpaired) electrons. The van der Waals surface area contributed by atoms with Crippen molar-refractivity contribution in [2.24, 2.45) is 5.92 Å². The standard InChI is InChI=1S/C45H48N8O4/c1-7-52-38-19-28(17-25(2)31(38)22-48-52)36-12-10-34-41(51-36)57-24-27(4)37(21-30-13-16-47-43(56)45(30,34)6)53-39-20-29(18-26(3)32(39)23-49-53)35-11-9-33(40(54)50-35)44(5)14-8-15-46-42(44)55/h9-12,17-20,22-24,30,37H,7-8,13-16,21H2,1-6H3,(H,46,55)(H,47,56)(H,50,54)/b27-24+/t30?,37?,44-,45-/m1/s1. The summed E-state index contributed by atoms with van der Waals surface area (Å²) in [7, 11) is 0. The number of nitrogens with one attached hydrogen (secondary N) is 3. The third kappa shape index (κ3) is 5.78. The fourth-order valence-electron chi connectivity index (χ4n) is 9.54. The van der Waals surface area contributed by atoms with Crippen molar-refractivity contribution < 1.29 is 14.3 Å². The Morgan fingerprint density at radius 3 is 2.33 bits per heavy atom. The number of rotatable bonds is 5. The van der Waals surface area contributed by atoms with Gasteiger partial charge in [-0.3, -0.25) is 23.7 Å². The summed E-state index contributed by atoms with van der Waals surface area (Å²) in [5, 5.41) is 17.7. The number of ether oxygens (including phenoxy) is 1. The van der Waals surface area contributed by atoms with Crippen LogP contribution in [0, 0.1) is 19.8 Å². The second kappa shape index (κ2) is 13.6. The normalized spacial score (nSPS) is 24.6. The molecular formula is C45H48N8O4. The number of aryl methyl sites for hydroxylation is 3. The van der Waals surface area contributed by atoms with Crippen molar-refractivity contribution in [3.05, 3.63) is 105 Å². The van der Waals surface area contributed by atoms with Gasteiger partial charge in [0, 0.05) is 58.4 Å². The number of pyridine rings is 2. The number of amides is 2. The number of allylic oxidation sites excluding steroid dienone is 1. The van der Waals surface area contributed by atoms with Gasteiger partial charge in [-0.25, -0.2) is 4.98 Å². The van der Waals surface area contributed by atoms with Gasteiger partial charge >= 0.3 is 0 Å². The first-order valence-corrected chi connectivity index (χ1v) is 20.0. The molecule has 12 nitrogen and oxygen atoms in total. The van der Waals surface area contributed by atoms with E-state index in [1.165, 1.54) is 0 Å². The molecule has 2 unspecified atom stereocenters. The lowest BCUT2D eigenvalue weighted by atomic mass is 9.65. The van der Waals surface area contributed by atoms with Crippen molar-refractivity contribution in [3.63, 3.8) is 0 Å². The Balaban J connectivity index is 1.12. The fraction of sp³-hybridized carbons (Fsp3) is 0.378. The molecule has 3 aliphatic rings. The van der Waals surface area contributed by atoms with Crippen LogP contribution in [0.3, 0.4) is 0 Å². The Hall–Kier alpha value is -6.04. The highest BCUT2D eigenvalue weighted by Gasteiger charge is 2.49. The minimum Gasteiger partial charge on any atom is -0.446 e. The number of carbonyl (C=O) groups is 2. The Morgan fingerprint density at radius 1 is 0.842 bits per heavy atom. The molecule has 2 fully saturated rings. The van der Waals surface area contributed by atoms with Crippen molar-refractivity contribution in [1.29, 1.82) is 0 Å². The highest BCUT2D eigenvalue weighted by molar-refractivity contribution is 5.91. The molecule has 2 saturated heterocycles. The molecule has 3 aliphatic heterocycles. The summed E-state index contributed by atoms with van der Waals surface area (Å²) in [6.45, 7) is 14.1. The summed E-state index contributed by atoms with van der Waals surface area (Å²) in [4.78, 5) is 48.8. The fourth-order valence-corrected chi connectivity index (χ4v) is 9.54. The average Bonchev–Trinajstić information content (AvgIpc) is 3.84. The van der Waals surface area contributed by atoms with Gasteiger partial charge in [-0.15, -0.1) is 0 Å². The molecule has 7 heterocycles. The predicted molar refractivity (Wildman–Crippen MR) is 220 cm³/mol. The summed E-state index contributed by atoms with van der Waals surface area (Å²) in [6, 6.07) is 15.8. The number of carbonyl (C=O) groups excluding carboxylic acids is 2. The predicted octanol–water partition coefficient (Wildman–Crippen LogP) is 6.93. The van der Waals surface area contributed by atoms with E-state index in [2.05, 4.69) is 58.8 Å². The van der Waals surface area contributed by atoms with E-state index in [4.69, 9.17) is 14.8 Å². The lowest BCUT2D eigenvalue weighted by Crippen LogP contribution is -2.53. The molecular weight excluding hydrogens is 717 g/mol. The molecule has 292 valence electrons. The maximum atomic E-state index is 14.1. The SMILES string of the molecule is CCn1ncc2c(C)cc(-c3ccc4c(n3)O/C=C(\C)C(n3ncc5c(C)cc(-c6ccc([C@@]7(C)CCCNC7=O)c(=O)[nH]6)cc53)CC3CCNC(=O)[C@@]43C)cc21. The summed E-state index contributed by atoms with van der Waals surface area (Å²) in [5.74, 6) is 0.191. The zero-order valence-electron chi connectivity index (χ0n) is 33.3. The van der Waals surface area contributed by atoms with Gasteiger partial charge in [0.25, 0.3) is 5.56 Å². The first-order valence-electron chi connectivity index (χ1n) is 20.0. The van der Waals surface area contributed by atoms with Crippen LogP contribution in [-0.2, 0) is 27.0 Å². The number of fused-ring (bicyclic) bond motifs is 5. The monoisotopic (exact) mass is 764 g/mol. The average molecular weight is 765 g/mol. The van der Waals surface area contributed by atoms with E-state index in [9.17, 15) is 14.4 Å². The maximum absolute atomic E-state index is 14.1. The zero-order valence-corrected chi connectivity index (χ0v) is 33.3. The third-order valence-corrected chi connectivity index (χ3v) is 13.1. The molecule has 3 N–H and O–H groups in total. The molecule has 57 heavy (non-hydrogen) atoms. The second-order valence-corrected chi connectivity index (χ2v) is 16.5. The van der Waals surface area contributed by atoms with E-state index in [1.807, 2.05) is 67.7 Å². The van der Waals surface area contributed by atoms with E-state index in [-0.39, 0.29) is 29.3 Å². The highest BCUT2D eigenvalue weighted by Crippen LogP contribution is 2.47. The van der Waals surface area contributed by atoms with Crippen LogP contribution in [0.15, 0.2) is 77.6 Å². The Morgan fingerprint density at radius 2 is 1.56 bits per heavy atom. The Labute approximate surface area is 330 Å². The van der Waals surface area contributed by atoms with Crippen molar-refractivity contribution in [3.8, 4) is 28.4 Å². The first-order chi connectivity index (χ1) is 27.4. The summed E-state index contributed by atoms with van der Waals surface area (Å²) >= 11 is 0. The molecule has 9 rings (SSSR count). The lowest BCUT2D eigenvalue weighted by Gasteiger charge is -2.42. The van der Waals surface area contributed by atoms with Crippen LogP contribution in [0.1, 0.15) is 81.7 Å². The zero-order chi connectivity index (χ0) is 39.8. The van der Waals surface area contributed by atoms with Crippen molar-refractivity contribution in [1.82, 2.24) is 40.2 Å². The van der Waals surface area contributed by atoms with E-state index < -0.39 is 10.8 Å². The van der Waals surface area contributed by atoms with E-state index in [0.717, 1.165) is 80.3 Å². The molecule has 0 aliphatic carbocycles. The maximum Gasteiger partial charge on any atom is 0.252 e. The molecule has 0 saturated carbocycles. The Kier molecular flexibility index (Phi) is 8.71. The molecule has 2 aromatic carbocycles. The van der Waals surface area contributed by atoms with Crippen molar-refractivity contribution in [2.75, 3.05) is 13.1 Å². The summed E-state index contributed by atoms with van der Waals surface area (Å²) in [6.07, 6.45) is 8.42. The number of hydrogen-bond acceptors (Lipinski definition) is 7. The van der Waals surface area contributed by atoms with Gasteiger partial charge in [0.2, 0.25) is 17.7 Å². The van der Waals surface area contributed by atoms with Crippen LogP contribution >= 0.6 is 0 Å². The molecule has 12 heteroatoms. The van der Waals surface area contributed by atoms with Crippen LogP contribution in [-0.4, -0.2) is 54.4 Å². The highest BCUT2D eigenvalue weighted by atomic mass is 16.5. The van der Waals surface area contributed by atoms with Crippen molar-refractivity contribution in [2.45, 2.75) is 90.6 Å².